The van der Waals surface area contributed by atoms with E-state index < -0.39 is 52.7 Å². The summed E-state index contributed by atoms with van der Waals surface area (Å²) in [7, 11) is 0.817. The van der Waals surface area contributed by atoms with Crippen LogP contribution in [0.2, 0.25) is 0 Å². The van der Waals surface area contributed by atoms with Gasteiger partial charge in [-0.2, -0.15) is 13.2 Å². The van der Waals surface area contributed by atoms with Crippen LogP contribution in [0.5, 0.6) is 11.5 Å². The molecule has 3 heterocycles. The molecule has 42 heavy (non-hydrogen) atoms. The van der Waals surface area contributed by atoms with Gasteiger partial charge in [0.25, 0.3) is 5.60 Å². The molecule has 0 bridgehead atoms. The van der Waals surface area contributed by atoms with Gasteiger partial charge in [0.05, 0.1) is 16.5 Å². The molecule has 2 aliphatic heterocycles. The molecule has 1 aromatic heterocycles. The SMILES string of the molecule is CCCc1cc(=O)oc2c3c(c4c(c12)OC(C)(C)C=C4)O[C@@H](C)[C@@H](C)[C@@H]3OC(=O)[C@](OC)(c1ccccc1)C(F)(F)F. The van der Waals surface area contributed by atoms with E-state index in [9.17, 15) is 22.8 Å². The Morgan fingerprint density at radius 1 is 1.10 bits per heavy atom. The number of rotatable bonds is 6. The quantitative estimate of drug-likeness (QED) is 0.226. The first-order chi connectivity index (χ1) is 19.8. The van der Waals surface area contributed by atoms with Gasteiger partial charge in [-0.25, -0.2) is 9.59 Å². The maximum Gasteiger partial charge on any atom is 0.432 e. The second-order valence-corrected chi connectivity index (χ2v) is 11.3. The molecule has 0 N–H and O–H groups in total. The number of halogens is 3. The van der Waals surface area contributed by atoms with Crippen LogP contribution < -0.4 is 15.1 Å². The minimum atomic E-state index is -5.16. The van der Waals surface area contributed by atoms with E-state index in [-0.39, 0.29) is 16.9 Å². The third-order valence-electron chi connectivity index (χ3n) is 8.00. The van der Waals surface area contributed by atoms with E-state index in [1.807, 2.05) is 32.9 Å². The van der Waals surface area contributed by atoms with Crippen LogP contribution in [-0.2, 0) is 26.3 Å². The summed E-state index contributed by atoms with van der Waals surface area (Å²) in [5.41, 5.74) is -3.78. The van der Waals surface area contributed by atoms with Crippen molar-refractivity contribution in [3.63, 3.8) is 0 Å². The smallest absolute Gasteiger partial charge is 0.432 e. The maximum absolute atomic E-state index is 14.7. The average Bonchev–Trinajstić information content (AvgIpc) is 2.91. The summed E-state index contributed by atoms with van der Waals surface area (Å²) in [4.78, 5) is 26.6. The van der Waals surface area contributed by atoms with Gasteiger partial charge in [-0.15, -0.1) is 0 Å². The summed E-state index contributed by atoms with van der Waals surface area (Å²) in [6.07, 6.45) is -2.18. The highest BCUT2D eigenvalue weighted by molar-refractivity contribution is 5.97. The van der Waals surface area contributed by atoms with Crippen molar-refractivity contribution in [3.05, 3.63) is 75.1 Å². The standard InChI is InChI=1S/C32H33F3O7/c1-7-11-19-16-22(36)40-28-23(19)27-21(14-15-30(4,5)42-27)26-24(28)25(17(2)18(3)39-26)41-29(37)31(38-6,32(33,34)35)20-12-9-8-10-13-20/h8-10,12-18,25H,7,11H2,1-6H3/t17-,18+,25+,31-/m1/s1. The number of ether oxygens (including phenoxy) is 4. The molecule has 0 amide bonds. The van der Waals surface area contributed by atoms with E-state index in [1.165, 1.54) is 24.3 Å². The Morgan fingerprint density at radius 3 is 2.40 bits per heavy atom. The molecule has 2 aliphatic rings. The van der Waals surface area contributed by atoms with E-state index in [0.717, 1.165) is 19.2 Å². The zero-order valence-corrected chi connectivity index (χ0v) is 24.3. The minimum Gasteiger partial charge on any atom is -0.489 e. The average molecular weight is 587 g/mol. The Kier molecular flexibility index (Phi) is 7.41. The van der Waals surface area contributed by atoms with Crippen LogP contribution >= 0.6 is 0 Å². The fourth-order valence-electron chi connectivity index (χ4n) is 5.71. The summed E-state index contributed by atoms with van der Waals surface area (Å²) in [5, 5.41) is 0.492. The van der Waals surface area contributed by atoms with Gasteiger partial charge in [-0.3, -0.25) is 0 Å². The van der Waals surface area contributed by atoms with E-state index in [2.05, 4.69) is 0 Å². The third-order valence-corrected chi connectivity index (χ3v) is 8.00. The Morgan fingerprint density at radius 2 is 1.79 bits per heavy atom. The van der Waals surface area contributed by atoms with Crippen molar-refractivity contribution in [1.29, 1.82) is 0 Å². The van der Waals surface area contributed by atoms with E-state index in [4.69, 9.17) is 23.4 Å². The predicted octanol–water partition coefficient (Wildman–Crippen LogP) is 7.04. The van der Waals surface area contributed by atoms with Crippen molar-refractivity contribution in [2.24, 2.45) is 5.92 Å². The second kappa shape index (κ2) is 10.5. The molecule has 0 saturated carbocycles. The Labute approximate surface area is 241 Å². The molecule has 0 aliphatic carbocycles. The zero-order chi connectivity index (χ0) is 30.6. The summed E-state index contributed by atoms with van der Waals surface area (Å²) >= 11 is 0. The molecule has 5 rings (SSSR count). The molecule has 0 fully saturated rings. The monoisotopic (exact) mass is 586 g/mol. The molecular weight excluding hydrogens is 553 g/mol. The Hall–Kier alpha value is -3.79. The van der Waals surface area contributed by atoms with Crippen molar-refractivity contribution >= 4 is 23.0 Å². The molecule has 2 aromatic carbocycles. The van der Waals surface area contributed by atoms with E-state index in [0.29, 0.717) is 35.1 Å². The lowest BCUT2D eigenvalue weighted by atomic mass is 9.84. The number of methoxy groups -OCH3 is 1. The van der Waals surface area contributed by atoms with Crippen molar-refractivity contribution in [1.82, 2.24) is 0 Å². The highest BCUT2D eigenvalue weighted by Gasteiger charge is 2.64. The van der Waals surface area contributed by atoms with Gasteiger partial charge in [-0.05, 0) is 44.9 Å². The Balaban J connectivity index is 1.78. The van der Waals surface area contributed by atoms with Gasteiger partial charge < -0.3 is 23.4 Å². The first-order valence-electron chi connectivity index (χ1n) is 13.9. The van der Waals surface area contributed by atoms with E-state index >= 15 is 0 Å². The largest absolute Gasteiger partial charge is 0.489 e. The maximum atomic E-state index is 14.7. The summed E-state index contributed by atoms with van der Waals surface area (Å²) in [5.74, 6) is -1.63. The summed E-state index contributed by atoms with van der Waals surface area (Å²) in [6.45, 7) is 9.13. The fourth-order valence-corrected chi connectivity index (χ4v) is 5.71. The predicted molar refractivity (Wildman–Crippen MR) is 149 cm³/mol. The number of alkyl halides is 3. The number of carbonyl (C=O) groups excluding carboxylic acids is 1. The number of hydrogen-bond donors (Lipinski definition) is 0. The number of benzene rings is 2. The molecule has 0 unspecified atom stereocenters. The van der Waals surface area contributed by atoms with Crippen LogP contribution in [0.25, 0.3) is 17.0 Å². The zero-order valence-electron chi connectivity index (χ0n) is 24.3. The molecule has 7 nitrogen and oxygen atoms in total. The number of fused-ring (bicyclic) bond motifs is 6. The molecule has 0 radical (unpaired) electrons. The van der Waals surface area contributed by atoms with Gasteiger partial charge >= 0.3 is 17.8 Å². The van der Waals surface area contributed by atoms with Crippen molar-refractivity contribution < 1.29 is 41.3 Å². The van der Waals surface area contributed by atoms with Crippen LogP contribution in [0, 0.1) is 5.92 Å². The summed E-state index contributed by atoms with van der Waals surface area (Å²) in [6, 6.07) is 8.01. The van der Waals surface area contributed by atoms with E-state index in [1.54, 1.807) is 13.8 Å². The number of hydrogen-bond acceptors (Lipinski definition) is 7. The van der Waals surface area contributed by atoms with Crippen LogP contribution in [0.1, 0.15) is 69.4 Å². The number of esters is 1. The summed E-state index contributed by atoms with van der Waals surface area (Å²) < 4.78 is 73.5. The lowest BCUT2D eigenvalue weighted by molar-refractivity contribution is -0.279. The van der Waals surface area contributed by atoms with Crippen LogP contribution in [0.4, 0.5) is 13.2 Å². The van der Waals surface area contributed by atoms with Crippen molar-refractivity contribution in [2.45, 2.75) is 77.0 Å². The van der Waals surface area contributed by atoms with Crippen LogP contribution in [0.15, 0.2) is 51.7 Å². The topological polar surface area (TPSA) is 84.2 Å². The van der Waals surface area contributed by atoms with Crippen LogP contribution in [0.3, 0.4) is 0 Å². The van der Waals surface area contributed by atoms with Gasteiger partial charge in [0.1, 0.15) is 29.3 Å². The lowest BCUT2D eigenvalue weighted by Gasteiger charge is -2.40. The molecule has 0 saturated heterocycles. The van der Waals surface area contributed by atoms with Gasteiger partial charge in [-0.1, -0.05) is 50.6 Å². The molecular formula is C32H33F3O7. The van der Waals surface area contributed by atoms with Crippen molar-refractivity contribution in [3.8, 4) is 11.5 Å². The molecule has 4 atom stereocenters. The highest BCUT2D eigenvalue weighted by Crippen LogP contribution is 2.54. The molecule has 224 valence electrons. The van der Waals surface area contributed by atoms with Crippen molar-refractivity contribution in [2.75, 3.05) is 7.11 Å². The first kappa shape index (κ1) is 29.7. The Bertz CT molecular complexity index is 1610. The van der Waals surface area contributed by atoms with Gasteiger partial charge in [0, 0.05) is 24.7 Å². The number of carbonyl (C=O) groups is 1. The highest BCUT2D eigenvalue weighted by atomic mass is 19.4. The van der Waals surface area contributed by atoms with Crippen LogP contribution in [-0.4, -0.2) is 31.0 Å². The van der Waals surface area contributed by atoms with Gasteiger partial charge in [0.15, 0.2) is 5.58 Å². The molecule has 10 heteroatoms. The fraction of sp³-hybridized carbons (Fsp3) is 0.438. The normalized spacial score (nSPS) is 22.4. The van der Waals surface area contributed by atoms with Gasteiger partial charge in [0.2, 0.25) is 0 Å². The molecule has 3 aromatic rings. The third kappa shape index (κ3) is 4.65. The number of aryl methyl sites for hydroxylation is 1. The molecule has 0 spiro atoms. The minimum absolute atomic E-state index is 0.0529. The lowest BCUT2D eigenvalue weighted by Crippen LogP contribution is -2.52. The second-order valence-electron chi connectivity index (χ2n) is 11.3. The first-order valence-corrected chi connectivity index (χ1v) is 13.9.